The van der Waals surface area contributed by atoms with Gasteiger partial charge in [0.15, 0.2) is 11.4 Å². The van der Waals surface area contributed by atoms with E-state index in [-0.39, 0.29) is 11.4 Å². The van der Waals surface area contributed by atoms with Crippen molar-refractivity contribution in [3.63, 3.8) is 0 Å². The Morgan fingerprint density at radius 2 is 1.08 bits per heavy atom. The molecule has 2 amide bonds. The number of carbonyl (C=O) groups excluding carboxylic acids is 2. The zero-order valence-electron chi connectivity index (χ0n) is 12.5. The minimum atomic E-state index is -0.649. The van der Waals surface area contributed by atoms with Crippen LogP contribution in [-0.4, -0.2) is 20.6 Å². The number of carbonyl (C=O) groups is 2. The summed E-state index contributed by atoms with van der Waals surface area (Å²) in [6, 6.07) is 10.3. The maximum absolute atomic E-state index is 12.9. The summed E-state index contributed by atoms with van der Waals surface area (Å²) in [5.74, 6) is -2.17. The van der Waals surface area contributed by atoms with Crippen molar-refractivity contribution < 1.29 is 18.4 Å². The quantitative estimate of drug-likeness (QED) is 0.748. The number of nitrogens with one attached hydrogen (secondary N) is 2. The molecular formula is C16H10F2N4O2S. The second kappa shape index (κ2) is 7.14. The Morgan fingerprint density at radius 3 is 1.44 bits per heavy atom. The number of hydrogen-bond acceptors (Lipinski definition) is 5. The summed E-state index contributed by atoms with van der Waals surface area (Å²) in [5.41, 5.74) is 0.386. The van der Waals surface area contributed by atoms with Crippen molar-refractivity contribution in [2.75, 3.05) is 10.6 Å². The molecule has 2 aromatic carbocycles. The highest BCUT2D eigenvalue weighted by Gasteiger charge is 2.22. The van der Waals surface area contributed by atoms with E-state index in [2.05, 4.69) is 19.4 Å². The van der Waals surface area contributed by atoms with Gasteiger partial charge in [0.25, 0.3) is 11.8 Å². The molecule has 2 N–H and O–H groups in total. The van der Waals surface area contributed by atoms with E-state index >= 15 is 0 Å². The van der Waals surface area contributed by atoms with E-state index in [4.69, 9.17) is 0 Å². The Hall–Kier alpha value is -3.20. The van der Waals surface area contributed by atoms with Gasteiger partial charge in [0, 0.05) is 11.4 Å². The lowest BCUT2D eigenvalue weighted by Crippen LogP contribution is -2.20. The summed E-state index contributed by atoms with van der Waals surface area (Å²) in [7, 11) is 0. The van der Waals surface area contributed by atoms with Gasteiger partial charge in [0.2, 0.25) is 0 Å². The average Bonchev–Trinajstić information content (AvgIpc) is 3.09. The van der Waals surface area contributed by atoms with Gasteiger partial charge in [-0.3, -0.25) is 9.59 Å². The third-order valence-corrected chi connectivity index (χ3v) is 3.65. The molecule has 0 fully saturated rings. The number of nitrogens with zero attached hydrogens (tertiary/aromatic N) is 2. The zero-order chi connectivity index (χ0) is 17.8. The lowest BCUT2D eigenvalue weighted by atomic mass is 10.2. The maximum atomic E-state index is 12.9. The van der Waals surface area contributed by atoms with Crippen LogP contribution in [0.5, 0.6) is 0 Å². The van der Waals surface area contributed by atoms with Crippen LogP contribution in [-0.2, 0) is 0 Å². The van der Waals surface area contributed by atoms with Crippen LogP contribution in [0, 0.1) is 11.6 Å². The van der Waals surface area contributed by atoms with Gasteiger partial charge in [-0.05, 0) is 48.5 Å². The fraction of sp³-hybridized carbons (Fsp3) is 0. The molecule has 6 nitrogen and oxygen atoms in total. The van der Waals surface area contributed by atoms with Gasteiger partial charge in [-0.25, -0.2) is 8.78 Å². The molecule has 9 heteroatoms. The molecule has 0 atom stereocenters. The van der Waals surface area contributed by atoms with E-state index in [1.54, 1.807) is 0 Å². The lowest BCUT2D eigenvalue weighted by molar-refractivity contribution is 0.0985. The van der Waals surface area contributed by atoms with Gasteiger partial charge < -0.3 is 10.6 Å². The van der Waals surface area contributed by atoms with Crippen LogP contribution in [0.3, 0.4) is 0 Å². The van der Waals surface area contributed by atoms with Crippen molar-refractivity contribution in [2.24, 2.45) is 0 Å². The summed E-state index contributed by atoms with van der Waals surface area (Å²) in [6.07, 6.45) is 0. The van der Waals surface area contributed by atoms with Crippen LogP contribution in [0.15, 0.2) is 48.5 Å². The van der Waals surface area contributed by atoms with Crippen molar-refractivity contribution in [1.29, 1.82) is 0 Å². The molecule has 0 radical (unpaired) electrons. The second-order valence-electron chi connectivity index (χ2n) is 4.88. The zero-order valence-corrected chi connectivity index (χ0v) is 13.3. The summed E-state index contributed by atoms with van der Waals surface area (Å²) in [6.45, 7) is 0. The summed E-state index contributed by atoms with van der Waals surface area (Å²) in [4.78, 5) is 24.5. The number of hydrogen-bond donors (Lipinski definition) is 2. The van der Waals surface area contributed by atoms with Crippen LogP contribution in [0.2, 0.25) is 0 Å². The minimum Gasteiger partial charge on any atom is -0.321 e. The highest BCUT2D eigenvalue weighted by molar-refractivity contribution is 6.99. The van der Waals surface area contributed by atoms with E-state index < -0.39 is 23.4 Å². The van der Waals surface area contributed by atoms with Crippen molar-refractivity contribution >= 4 is 34.9 Å². The molecule has 1 heterocycles. The van der Waals surface area contributed by atoms with E-state index in [0.29, 0.717) is 23.1 Å². The summed E-state index contributed by atoms with van der Waals surface area (Å²) < 4.78 is 33.4. The maximum Gasteiger partial charge on any atom is 0.277 e. The van der Waals surface area contributed by atoms with E-state index in [0.717, 1.165) is 0 Å². The number of rotatable bonds is 4. The highest BCUT2D eigenvalue weighted by atomic mass is 32.1. The van der Waals surface area contributed by atoms with Gasteiger partial charge in [0.1, 0.15) is 11.6 Å². The van der Waals surface area contributed by atoms with Gasteiger partial charge in [-0.2, -0.15) is 8.75 Å². The Morgan fingerprint density at radius 1 is 0.720 bits per heavy atom. The highest BCUT2D eigenvalue weighted by Crippen LogP contribution is 2.15. The molecule has 3 aromatic rings. The monoisotopic (exact) mass is 360 g/mol. The molecule has 0 unspecified atom stereocenters. The van der Waals surface area contributed by atoms with Crippen LogP contribution in [0.1, 0.15) is 21.0 Å². The molecular weight excluding hydrogens is 350 g/mol. The molecule has 0 saturated carbocycles. The predicted molar refractivity (Wildman–Crippen MR) is 88.6 cm³/mol. The van der Waals surface area contributed by atoms with Crippen molar-refractivity contribution in [2.45, 2.75) is 0 Å². The normalized spacial score (nSPS) is 10.3. The van der Waals surface area contributed by atoms with Gasteiger partial charge >= 0.3 is 0 Å². The Bertz CT molecular complexity index is 837. The number of amides is 2. The second-order valence-corrected chi connectivity index (χ2v) is 5.41. The van der Waals surface area contributed by atoms with Gasteiger partial charge in [-0.1, -0.05) is 0 Å². The van der Waals surface area contributed by atoms with Crippen molar-refractivity contribution in [3.8, 4) is 0 Å². The smallest absolute Gasteiger partial charge is 0.277 e. The largest absolute Gasteiger partial charge is 0.321 e. The van der Waals surface area contributed by atoms with E-state index in [9.17, 15) is 18.4 Å². The minimum absolute atomic E-state index is 0.158. The summed E-state index contributed by atoms with van der Waals surface area (Å²) in [5, 5.41) is 5.01. The van der Waals surface area contributed by atoms with Gasteiger partial charge in [0.05, 0.1) is 11.7 Å². The number of anilines is 2. The molecule has 0 bridgehead atoms. The van der Waals surface area contributed by atoms with Crippen molar-refractivity contribution in [3.05, 3.63) is 71.6 Å². The fourth-order valence-electron chi connectivity index (χ4n) is 1.93. The first-order chi connectivity index (χ1) is 12.0. The molecule has 0 aliphatic heterocycles. The van der Waals surface area contributed by atoms with E-state index in [1.807, 2.05) is 0 Å². The molecule has 1 aromatic heterocycles. The van der Waals surface area contributed by atoms with Gasteiger partial charge in [-0.15, -0.1) is 0 Å². The Kier molecular flexibility index (Phi) is 4.75. The third kappa shape index (κ3) is 4.01. The van der Waals surface area contributed by atoms with E-state index in [1.165, 1.54) is 48.5 Å². The first-order valence-corrected chi connectivity index (χ1v) is 7.72. The van der Waals surface area contributed by atoms with Crippen LogP contribution >= 0.6 is 11.7 Å². The standard InChI is InChI=1S/C16H10F2N4O2S/c17-9-1-5-11(6-2-9)19-15(23)13-14(22-25-21-13)16(24)20-12-7-3-10(18)4-8-12/h1-8H,(H,19,23)(H,20,24). The van der Waals surface area contributed by atoms with Crippen LogP contribution in [0.25, 0.3) is 0 Å². The third-order valence-electron chi connectivity index (χ3n) is 3.12. The van der Waals surface area contributed by atoms with Crippen LogP contribution in [0.4, 0.5) is 20.2 Å². The Labute approximate surface area is 144 Å². The first-order valence-electron chi connectivity index (χ1n) is 6.99. The fourth-order valence-corrected chi connectivity index (χ4v) is 2.48. The predicted octanol–water partition coefficient (Wildman–Crippen LogP) is 3.32. The molecule has 0 aliphatic carbocycles. The SMILES string of the molecule is O=C(Nc1ccc(F)cc1)c1nsnc1C(=O)Nc1ccc(F)cc1. The molecule has 25 heavy (non-hydrogen) atoms. The Balaban J connectivity index is 1.74. The lowest BCUT2D eigenvalue weighted by Gasteiger charge is -2.06. The molecule has 0 saturated heterocycles. The van der Waals surface area contributed by atoms with Crippen molar-refractivity contribution in [1.82, 2.24) is 8.75 Å². The number of aromatic nitrogens is 2. The molecule has 126 valence electrons. The number of benzene rings is 2. The topological polar surface area (TPSA) is 84.0 Å². The average molecular weight is 360 g/mol. The molecule has 0 spiro atoms. The molecule has 0 aliphatic rings. The molecule has 3 rings (SSSR count). The first kappa shape index (κ1) is 16.7. The number of halogens is 2. The van der Waals surface area contributed by atoms with Crippen LogP contribution < -0.4 is 10.6 Å². The summed E-state index contributed by atoms with van der Waals surface area (Å²) >= 11 is 0.707.